The molecule has 7 nitrogen and oxygen atoms in total. The molecule has 0 saturated carbocycles. The summed E-state index contributed by atoms with van der Waals surface area (Å²) in [6, 6.07) is 18.5. The highest BCUT2D eigenvalue weighted by Gasteiger charge is 2.42. The Morgan fingerprint density at radius 1 is 1.14 bits per heavy atom. The lowest BCUT2D eigenvalue weighted by molar-refractivity contribution is -0.00222. The number of piperidine rings is 3. The van der Waals surface area contributed by atoms with E-state index >= 15 is 0 Å². The van der Waals surface area contributed by atoms with Crippen LogP contribution in [-0.4, -0.2) is 53.6 Å². The molecule has 3 aromatic rings. The van der Waals surface area contributed by atoms with Gasteiger partial charge in [0.25, 0.3) is 0 Å². The first-order chi connectivity index (χ1) is 17.7. The van der Waals surface area contributed by atoms with E-state index in [9.17, 15) is 4.79 Å². The van der Waals surface area contributed by atoms with Crippen molar-refractivity contribution in [3.8, 4) is 17.0 Å². The number of aromatic nitrogens is 2. The smallest absolute Gasteiger partial charge is 0.411 e. The molecule has 1 unspecified atom stereocenters. The van der Waals surface area contributed by atoms with Gasteiger partial charge in [0.1, 0.15) is 12.4 Å². The zero-order valence-corrected chi connectivity index (χ0v) is 22.5. The molecule has 3 aliphatic heterocycles. The molecule has 1 N–H and O–H groups in total. The highest BCUT2D eigenvalue weighted by atomic mass is 16.5. The van der Waals surface area contributed by atoms with Gasteiger partial charge in [-0.05, 0) is 66.6 Å². The second-order valence-electron chi connectivity index (χ2n) is 11.4. The molecule has 6 rings (SSSR count). The van der Waals surface area contributed by atoms with Crippen LogP contribution in [0.1, 0.15) is 50.8 Å². The van der Waals surface area contributed by atoms with Crippen molar-refractivity contribution in [2.75, 3.05) is 32.1 Å². The molecule has 37 heavy (non-hydrogen) atoms. The summed E-state index contributed by atoms with van der Waals surface area (Å²) in [5, 5.41) is 7.70. The Bertz CT molecular complexity index is 1240. The first-order valence-corrected chi connectivity index (χ1v) is 13.2. The third-order valence-electron chi connectivity index (χ3n) is 7.96. The Labute approximate surface area is 219 Å². The molecule has 0 spiro atoms. The first-order valence-electron chi connectivity index (χ1n) is 13.2. The molecule has 3 aliphatic rings. The second-order valence-corrected chi connectivity index (χ2v) is 11.4. The fraction of sp³-hybridized carbons (Fsp3) is 0.467. The fourth-order valence-corrected chi connectivity index (χ4v) is 5.84. The van der Waals surface area contributed by atoms with E-state index in [1.807, 2.05) is 42.1 Å². The highest BCUT2D eigenvalue weighted by molar-refractivity contribution is 5.84. The van der Waals surface area contributed by atoms with Gasteiger partial charge in [-0.1, -0.05) is 45.0 Å². The number of methoxy groups -OCH3 is 1. The highest BCUT2D eigenvalue weighted by Crippen LogP contribution is 2.43. The van der Waals surface area contributed by atoms with E-state index in [2.05, 4.69) is 55.3 Å². The van der Waals surface area contributed by atoms with Crippen molar-refractivity contribution >= 4 is 11.8 Å². The molecule has 2 aromatic carbocycles. The Hall–Kier alpha value is -3.32. The van der Waals surface area contributed by atoms with Crippen LogP contribution in [0.5, 0.6) is 5.75 Å². The number of hydrogen-bond donors (Lipinski definition) is 1. The summed E-state index contributed by atoms with van der Waals surface area (Å²) in [7, 11) is 3.73. The Morgan fingerprint density at radius 2 is 1.89 bits per heavy atom. The van der Waals surface area contributed by atoms with Crippen molar-refractivity contribution < 1.29 is 14.3 Å². The van der Waals surface area contributed by atoms with Crippen LogP contribution >= 0.6 is 0 Å². The number of nitrogens with zero attached hydrogens (tertiary/aromatic N) is 3. The molecule has 4 atom stereocenters. The van der Waals surface area contributed by atoms with Crippen molar-refractivity contribution in [1.29, 1.82) is 0 Å². The molecule has 196 valence electrons. The van der Waals surface area contributed by atoms with Crippen LogP contribution in [-0.2, 0) is 17.2 Å². The predicted octanol–water partition coefficient (Wildman–Crippen LogP) is 5.82. The molecule has 0 radical (unpaired) electrons. The number of rotatable bonds is 6. The van der Waals surface area contributed by atoms with Gasteiger partial charge in [0, 0.05) is 42.5 Å². The fourth-order valence-electron chi connectivity index (χ4n) is 5.84. The van der Waals surface area contributed by atoms with Gasteiger partial charge in [-0.25, -0.2) is 4.79 Å². The second kappa shape index (κ2) is 10.2. The van der Waals surface area contributed by atoms with E-state index in [1.165, 1.54) is 11.3 Å². The number of amides is 1. The van der Waals surface area contributed by atoms with Crippen LogP contribution < -0.4 is 10.1 Å². The lowest BCUT2D eigenvalue weighted by Gasteiger charge is -2.49. The maximum Gasteiger partial charge on any atom is 0.411 e. The Morgan fingerprint density at radius 3 is 2.57 bits per heavy atom. The number of ether oxygens (including phenoxy) is 2. The maximum atomic E-state index is 12.5. The average Bonchev–Trinajstić information content (AvgIpc) is 3.28. The summed E-state index contributed by atoms with van der Waals surface area (Å²) in [5.74, 6) is 1.80. The van der Waals surface area contributed by atoms with Crippen LogP contribution in [0.3, 0.4) is 0 Å². The molecule has 4 heterocycles. The van der Waals surface area contributed by atoms with Crippen molar-refractivity contribution in [3.63, 3.8) is 0 Å². The van der Waals surface area contributed by atoms with E-state index in [0.717, 1.165) is 48.6 Å². The molecule has 3 fully saturated rings. The molecule has 1 aromatic heterocycles. The Kier molecular flexibility index (Phi) is 6.99. The van der Waals surface area contributed by atoms with Crippen LogP contribution in [0.25, 0.3) is 11.3 Å². The van der Waals surface area contributed by atoms with Gasteiger partial charge in [-0.15, -0.1) is 0 Å². The van der Waals surface area contributed by atoms with Crippen LogP contribution in [0.2, 0.25) is 0 Å². The first kappa shape index (κ1) is 25.3. The van der Waals surface area contributed by atoms with Gasteiger partial charge in [-0.3, -0.25) is 14.9 Å². The van der Waals surface area contributed by atoms with Crippen molar-refractivity contribution in [1.82, 2.24) is 14.7 Å². The van der Waals surface area contributed by atoms with Gasteiger partial charge in [0.2, 0.25) is 0 Å². The minimum atomic E-state index is -0.393. The average molecular weight is 503 g/mol. The van der Waals surface area contributed by atoms with Gasteiger partial charge >= 0.3 is 6.09 Å². The van der Waals surface area contributed by atoms with Gasteiger partial charge < -0.3 is 9.47 Å². The Balaban J connectivity index is 1.19. The van der Waals surface area contributed by atoms with E-state index in [-0.39, 0.29) is 11.5 Å². The minimum Gasteiger partial charge on any atom is -0.496 e. The summed E-state index contributed by atoms with van der Waals surface area (Å²) in [4.78, 5) is 15.0. The predicted molar refractivity (Wildman–Crippen MR) is 146 cm³/mol. The third kappa shape index (κ3) is 5.37. The molecule has 2 bridgehead atoms. The summed E-state index contributed by atoms with van der Waals surface area (Å²) < 4.78 is 13.2. The van der Waals surface area contributed by atoms with E-state index in [4.69, 9.17) is 14.6 Å². The third-order valence-corrected chi connectivity index (χ3v) is 7.96. The molecular weight excluding hydrogens is 464 g/mol. The number of carbonyl (C=O) groups is 1. The monoisotopic (exact) mass is 502 g/mol. The van der Waals surface area contributed by atoms with Gasteiger partial charge in [-0.2, -0.15) is 5.10 Å². The zero-order chi connectivity index (χ0) is 26.2. The SMILES string of the molecule is COc1ccccc1-c1cc([C@H]2CN3CC[C@H]2C[C@@H]3COC(=O)Nc2ccc(C(C)(C)C)cc2)n(C)n1. The molecule has 3 saturated heterocycles. The summed E-state index contributed by atoms with van der Waals surface area (Å²) in [5.41, 5.74) is 5.28. The van der Waals surface area contributed by atoms with Crippen molar-refractivity contribution in [3.05, 3.63) is 65.9 Å². The number of para-hydroxylation sites is 1. The number of nitrogens with one attached hydrogen (secondary N) is 1. The van der Waals surface area contributed by atoms with E-state index in [0.29, 0.717) is 18.4 Å². The van der Waals surface area contributed by atoms with Crippen LogP contribution in [0.15, 0.2) is 54.6 Å². The largest absolute Gasteiger partial charge is 0.496 e. The van der Waals surface area contributed by atoms with Crippen molar-refractivity contribution in [2.24, 2.45) is 13.0 Å². The summed E-state index contributed by atoms with van der Waals surface area (Å²) >= 11 is 0. The molecule has 0 aliphatic carbocycles. The number of fused-ring (bicyclic) bond motifs is 3. The standard InChI is InChI=1S/C30H38N4O3/c1-30(2,3)21-10-12-22(13-11-21)31-29(35)37-19-23-16-20-14-15-34(23)18-25(20)27-17-26(32-33(27)4)24-8-6-7-9-28(24)36-5/h6-13,17,20,23,25H,14-16,18-19H2,1-5H3,(H,31,35)/t20-,23+,25-/m0/s1. The quantitative estimate of drug-likeness (QED) is 0.460. The zero-order valence-electron chi connectivity index (χ0n) is 22.5. The lowest BCUT2D eigenvalue weighted by Crippen LogP contribution is -2.54. The lowest BCUT2D eigenvalue weighted by atomic mass is 9.74. The number of carbonyl (C=O) groups excluding carboxylic acids is 1. The minimum absolute atomic E-state index is 0.0805. The number of aryl methyl sites for hydroxylation is 1. The van der Waals surface area contributed by atoms with Crippen LogP contribution in [0, 0.1) is 5.92 Å². The number of anilines is 1. The van der Waals surface area contributed by atoms with E-state index < -0.39 is 6.09 Å². The maximum absolute atomic E-state index is 12.5. The summed E-state index contributed by atoms with van der Waals surface area (Å²) in [6.07, 6.45) is 1.78. The molecular formula is C30H38N4O3. The molecule has 1 amide bonds. The molecule has 7 heteroatoms. The topological polar surface area (TPSA) is 68.6 Å². The normalized spacial score (nSPS) is 23.1. The van der Waals surface area contributed by atoms with Crippen LogP contribution in [0.4, 0.5) is 10.5 Å². The van der Waals surface area contributed by atoms with Gasteiger partial charge in [0.15, 0.2) is 0 Å². The number of hydrogen-bond acceptors (Lipinski definition) is 5. The van der Waals surface area contributed by atoms with E-state index in [1.54, 1.807) is 7.11 Å². The van der Waals surface area contributed by atoms with Gasteiger partial charge in [0.05, 0.1) is 12.8 Å². The number of benzene rings is 2. The van der Waals surface area contributed by atoms with Crippen molar-refractivity contribution in [2.45, 2.75) is 51.0 Å². The summed E-state index contributed by atoms with van der Waals surface area (Å²) in [6.45, 7) is 8.94.